The number of benzene rings is 1. The number of aryl methyl sites for hydroxylation is 2. The minimum absolute atomic E-state index is 0.0214. The second-order valence-corrected chi connectivity index (χ2v) is 8.14. The van der Waals surface area contributed by atoms with Gasteiger partial charge in [-0.1, -0.05) is 6.07 Å². The molecule has 0 unspecified atom stereocenters. The predicted octanol–water partition coefficient (Wildman–Crippen LogP) is 1.98. The van der Waals surface area contributed by atoms with Crippen molar-refractivity contribution in [3.63, 3.8) is 0 Å². The second-order valence-electron chi connectivity index (χ2n) is 8.14. The molecule has 0 spiro atoms. The average molecular weight is 343 g/mol. The number of carbonyl (C=O) groups is 2. The lowest BCUT2D eigenvalue weighted by atomic mass is 10.0. The molecule has 5 heteroatoms. The van der Waals surface area contributed by atoms with Gasteiger partial charge in [0, 0.05) is 30.7 Å². The van der Waals surface area contributed by atoms with Gasteiger partial charge in [-0.25, -0.2) is 0 Å². The topological polar surface area (TPSA) is 52.7 Å². The number of likely N-dealkylation sites (N-methyl/N-ethyl adjacent to an activating group) is 1. The molecule has 1 heterocycles. The number of hydrogen-bond donors (Lipinski definition) is 1. The van der Waals surface area contributed by atoms with Crippen molar-refractivity contribution < 1.29 is 9.59 Å². The van der Waals surface area contributed by atoms with Crippen LogP contribution in [-0.4, -0.2) is 49.4 Å². The largest absolute Gasteiger partial charge is 0.354 e. The number of nitrogens with one attached hydrogen (secondary N) is 1. The third kappa shape index (κ3) is 3.71. The number of carbonyl (C=O) groups excluding carboxylic acids is 2. The van der Waals surface area contributed by atoms with Crippen molar-refractivity contribution in [2.24, 2.45) is 5.92 Å². The van der Waals surface area contributed by atoms with Crippen molar-refractivity contribution >= 4 is 17.5 Å². The van der Waals surface area contributed by atoms with E-state index in [2.05, 4.69) is 36.2 Å². The zero-order valence-electron chi connectivity index (χ0n) is 15.8. The molecule has 1 aliphatic carbocycles. The zero-order chi connectivity index (χ0) is 18.2. The minimum atomic E-state index is -0.265. The van der Waals surface area contributed by atoms with Crippen LogP contribution in [0.5, 0.6) is 0 Å². The van der Waals surface area contributed by atoms with Gasteiger partial charge in [0.25, 0.3) is 0 Å². The van der Waals surface area contributed by atoms with Crippen LogP contribution in [0, 0.1) is 5.92 Å². The summed E-state index contributed by atoms with van der Waals surface area (Å²) in [6.07, 6.45) is 3.72. The SMILES string of the molecule is CN(C)C(C)(C)CNC(=O)[C@H]1CC(=O)N(c2ccc3c(c2)CCC3)C1. The molecular formula is C20H29N3O2. The maximum absolute atomic E-state index is 12.5. The van der Waals surface area contributed by atoms with Crippen LogP contribution < -0.4 is 10.2 Å². The molecule has 0 saturated carbocycles. The Hall–Kier alpha value is -1.88. The fourth-order valence-electron chi connectivity index (χ4n) is 3.46. The Morgan fingerprint density at radius 1 is 1.28 bits per heavy atom. The number of anilines is 1. The van der Waals surface area contributed by atoms with E-state index in [4.69, 9.17) is 0 Å². The standard InChI is InChI=1S/C20H29N3O2/c1-20(2,22(3)4)13-21-19(25)16-11-18(24)23(12-16)17-9-8-14-6-5-7-15(14)10-17/h8-10,16H,5-7,11-13H2,1-4H3,(H,21,25)/t16-/m0/s1. The summed E-state index contributed by atoms with van der Waals surface area (Å²) < 4.78 is 0. The molecule has 1 aliphatic heterocycles. The highest BCUT2D eigenvalue weighted by atomic mass is 16.2. The van der Waals surface area contributed by atoms with Gasteiger partial charge in [-0.3, -0.25) is 9.59 Å². The maximum atomic E-state index is 12.5. The molecule has 1 saturated heterocycles. The van der Waals surface area contributed by atoms with Gasteiger partial charge in [0.2, 0.25) is 11.8 Å². The normalized spacial score (nSPS) is 20.3. The minimum Gasteiger partial charge on any atom is -0.354 e. The quantitative estimate of drug-likeness (QED) is 0.889. The fraction of sp³-hybridized carbons (Fsp3) is 0.600. The van der Waals surface area contributed by atoms with Crippen molar-refractivity contribution in [2.45, 2.75) is 45.1 Å². The molecule has 2 amide bonds. The molecule has 1 N–H and O–H groups in total. The lowest BCUT2D eigenvalue weighted by Crippen LogP contribution is -2.49. The molecule has 1 atom stereocenters. The second kappa shape index (κ2) is 6.79. The van der Waals surface area contributed by atoms with E-state index in [1.54, 1.807) is 4.90 Å². The van der Waals surface area contributed by atoms with E-state index in [9.17, 15) is 9.59 Å². The molecule has 0 radical (unpaired) electrons. The Kier molecular flexibility index (Phi) is 4.87. The van der Waals surface area contributed by atoms with Crippen LogP contribution >= 0.6 is 0 Å². The van der Waals surface area contributed by atoms with Gasteiger partial charge >= 0.3 is 0 Å². The summed E-state index contributed by atoms with van der Waals surface area (Å²) >= 11 is 0. The number of amides is 2. The van der Waals surface area contributed by atoms with E-state index < -0.39 is 0 Å². The summed E-state index contributed by atoms with van der Waals surface area (Å²) in [6.45, 7) is 5.22. The monoisotopic (exact) mass is 343 g/mol. The first kappa shape index (κ1) is 17.9. The van der Waals surface area contributed by atoms with E-state index >= 15 is 0 Å². The van der Waals surface area contributed by atoms with Gasteiger partial charge in [0.15, 0.2) is 0 Å². The zero-order valence-corrected chi connectivity index (χ0v) is 15.8. The summed E-state index contributed by atoms with van der Waals surface area (Å²) in [5.41, 5.74) is 3.58. The van der Waals surface area contributed by atoms with E-state index in [-0.39, 0.29) is 23.3 Å². The lowest BCUT2D eigenvalue weighted by Gasteiger charge is -2.33. The van der Waals surface area contributed by atoms with Crippen LogP contribution in [0.15, 0.2) is 18.2 Å². The van der Waals surface area contributed by atoms with Crippen LogP contribution in [-0.2, 0) is 22.4 Å². The van der Waals surface area contributed by atoms with Crippen molar-refractivity contribution in [1.29, 1.82) is 0 Å². The van der Waals surface area contributed by atoms with E-state index in [1.807, 2.05) is 20.2 Å². The maximum Gasteiger partial charge on any atom is 0.227 e. The third-order valence-electron chi connectivity index (χ3n) is 5.80. The molecule has 0 bridgehead atoms. The van der Waals surface area contributed by atoms with Crippen LogP contribution in [0.2, 0.25) is 0 Å². The molecule has 5 nitrogen and oxygen atoms in total. The predicted molar refractivity (Wildman–Crippen MR) is 99.7 cm³/mol. The molecule has 3 rings (SSSR count). The molecule has 136 valence electrons. The van der Waals surface area contributed by atoms with Crippen molar-refractivity contribution in [3.05, 3.63) is 29.3 Å². The molecule has 0 aromatic heterocycles. The van der Waals surface area contributed by atoms with Gasteiger partial charge in [0.1, 0.15) is 0 Å². The van der Waals surface area contributed by atoms with Crippen LogP contribution in [0.3, 0.4) is 0 Å². The summed E-state index contributed by atoms with van der Waals surface area (Å²) in [7, 11) is 4.00. The molecule has 1 aromatic carbocycles. The molecule has 2 aliphatic rings. The number of rotatable bonds is 5. The first-order valence-corrected chi connectivity index (χ1v) is 9.15. The summed E-state index contributed by atoms with van der Waals surface area (Å²) in [4.78, 5) is 28.8. The fourth-order valence-corrected chi connectivity index (χ4v) is 3.46. The van der Waals surface area contributed by atoms with Crippen molar-refractivity contribution in [2.75, 3.05) is 32.1 Å². The highest BCUT2D eigenvalue weighted by Crippen LogP contribution is 2.30. The first-order valence-electron chi connectivity index (χ1n) is 9.15. The Morgan fingerprint density at radius 2 is 2.00 bits per heavy atom. The third-order valence-corrected chi connectivity index (χ3v) is 5.80. The van der Waals surface area contributed by atoms with Crippen molar-refractivity contribution in [3.8, 4) is 0 Å². The smallest absolute Gasteiger partial charge is 0.227 e. The summed E-state index contributed by atoms with van der Waals surface area (Å²) in [6, 6.07) is 6.30. The molecule has 1 fully saturated rings. The van der Waals surface area contributed by atoms with Crippen LogP contribution in [0.4, 0.5) is 5.69 Å². The Bertz CT molecular complexity index is 682. The lowest BCUT2D eigenvalue weighted by molar-refractivity contribution is -0.126. The van der Waals surface area contributed by atoms with Gasteiger partial charge in [0.05, 0.1) is 5.92 Å². The van der Waals surface area contributed by atoms with Gasteiger partial charge in [-0.05, 0) is 70.5 Å². The molecule has 1 aromatic rings. The molecular weight excluding hydrogens is 314 g/mol. The Morgan fingerprint density at radius 3 is 2.72 bits per heavy atom. The number of nitrogens with zero attached hydrogens (tertiary/aromatic N) is 2. The average Bonchev–Trinajstić information content (AvgIpc) is 3.18. The van der Waals surface area contributed by atoms with E-state index in [0.29, 0.717) is 19.5 Å². The number of hydrogen-bond acceptors (Lipinski definition) is 3. The van der Waals surface area contributed by atoms with Crippen LogP contribution in [0.1, 0.15) is 37.8 Å². The van der Waals surface area contributed by atoms with Gasteiger partial charge in [-0.2, -0.15) is 0 Å². The first-order chi connectivity index (χ1) is 11.8. The highest BCUT2D eigenvalue weighted by Gasteiger charge is 2.36. The van der Waals surface area contributed by atoms with Gasteiger partial charge < -0.3 is 15.1 Å². The Balaban J connectivity index is 1.63. The van der Waals surface area contributed by atoms with Gasteiger partial charge in [-0.15, -0.1) is 0 Å². The van der Waals surface area contributed by atoms with Crippen molar-refractivity contribution in [1.82, 2.24) is 10.2 Å². The highest BCUT2D eigenvalue weighted by molar-refractivity contribution is 6.00. The summed E-state index contributed by atoms with van der Waals surface area (Å²) in [5, 5.41) is 3.02. The van der Waals surface area contributed by atoms with Crippen LogP contribution in [0.25, 0.3) is 0 Å². The Labute approximate surface area is 150 Å². The van der Waals surface area contributed by atoms with E-state index in [0.717, 1.165) is 18.5 Å². The van der Waals surface area contributed by atoms with E-state index in [1.165, 1.54) is 17.5 Å². The molecule has 25 heavy (non-hydrogen) atoms. The number of fused-ring (bicyclic) bond motifs is 1. The summed E-state index contributed by atoms with van der Waals surface area (Å²) in [5.74, 6) is -0.240.